The molecule has 0 amide bonds. The topological polar surface area (TPSA) is 63.8 Å². The quantitative estimate of drug-likeness (QED) is 0.822. The largest absolute Gasteiger partial charge is 0.384 e. The Hall–Kier alpha value is -1.32. The fourth-order valence-corrected chi connectivity index (χ4v) is 1.81. The lowest BCUT2D eigenvalue weighted by molar-refractivity contribution is 0.493. The molecule has 0 bridgehead atoms. The van der Waals surface area contributed by atoms with Crippen molar-refractivity contribution in [2.24, 2.45) is 5.92 Å². The van der Waals surface area contributed by atoms with Crippen molar-refractivity contribution in [3.05, 3.63) is 11.9 Å². The molecule has 1 aromatic rings. The van der Waals surface area contributed by atoms with E-state index < -0.39 is 0 Å². The first-order valence-corrected chi connectivity index (χ1v) is 6.51. The van der Waals surface area contributed by atoms with Crippen LogP contribution in [0.25, 0.3) is 0 Å². The van der Waals surface area contributed by atoms with Gasteiger partial charge in [0.15, 0.2) is 0 Å². The molecule has 1 saturated carbocycles. The zero-order valence-electron chi connectivity index (χ0n) is 10.9. The fraction of sp³-hybridized carbons (Fsp3) is 0.692. The van der Waals surface area contributed by atoms with Gasteiger partial charge in [0.1, 0.15) is 17.5 Å². The third kappa shape index (κ3) is 3.08. The van der Waals surface area contributed by atoms with Gasteiger partial charge in [-0.2, -0.15) is 0 Å². The molecule has 0 aromatic carbocycles. The van der Waals surface area contributed by atoms with Crippen LogP contribution in [-0.2, 0) is 0 Å². The maximum Gasteiger partial charge on any atom is 0.136 e. The molecule has 2 atom stereocenters. The van der Waals surface area contributed by atoms with E-state index in [4.69, 9.17) is 5.73 Å². The second kappa shape index (κ2) is 4.90. The molecule has 1 aromatic heterocycles. The molecule has 1 aliphatic rings. The average molecular weight is 234 g/mol. The summed E-state index contributed by atoms with van der Waals surface area (Å²) >= 11 is 0. The summed E-state index contributed by atoms with van der Waals surface area (Å²) in [5, 5.41) is 3.43. The molecule has 0 radical (unpaired) electrons. The first-order valence-electron chi connectivity index (χ1n) is 6.51. The molecule has 0 saturated heterocycles. The number of nitrogens with zero attached hydrogens (tertiary/aromatic N) is 2. The summed E-state index contributed by atoms with van der Waals surface area (Å²) in [7, 11) is 0. The van der Waals surface area contributed by atoms with Gasteiger partial charge in [-0.15, -0.1) is 0 Å². The minimum absolute atomic E-state index is 0.404. The highest BCUT2D eigenvalue weighted by atomic mass is 15.1. The second-order valence-corrected chi connectivity index (χ2v) is 5.13. The predicted molar refractivity (Wildman–Crippen MR) is 71.0 cm³/mol. The van der Waals surface area contributed by atoms with Crippen LogP contribution in [0.2, 0.25) is 0 Å². The monoisotopic (exact) mass is 234 g/mol. The smallest absolute Gasteiger partial charge is 0.136 e. The van der Waals surface area contributed by atoms with Gasteiger partial charge in [-0.1, -0.05) is 20.3 Å². The lowest BCUT2D eigenvalue weighted by atomic mass is 10.0. The van der Waals surface area contributed by atoms with Crippen LogP contribution in [-0.4, -0.2) is 16.0 Å². The molecule has 4 nitrogen and oxygen atoms in total. The molecule has 2 unspecified atom stereocenters. The predicted octanol–water partition coefficient (Wildman–Crippen LogP) is 2.78. The van der Waals surface area contributed by atoms with E-state index in [1.165, 1.54) is 12.8 Å². The highest BCUT2D eigenvalue weighted by Crippen LogP contribution is 2.38. The minimum atomic E-state index is 0.404. The Balaban J connectivity index is 2.09. The molecule has 3 N–H and O–H groups in total. The SMILES string of the molecule is CCC(C)C(C)Nc1cc(N)nc(C2CC2)n1. The van der Waals surface area contributed by atoms with E-state index in [1.807, 2.05) is 6.07 Å². The molecule has 2 rings (SSSR count). The number of hydrogen-bond donors (Lipinski definition) is 2. The summed E-state index contributed by atoms with van der Waals surface area (Å²) in [6.45, 7) is 6.63. The molecule has 0 spiro atoms. The van der Waals surface area contributed by atoms with Gasteiger partial charge in [-0.05, 0) is 25.7 Å². The molecular formula is C13H22N4. The van der Waals surface area contributed by atoms with Gasteiger partial charge >= 0.3 is 0 Å². The number of nitrogens with one attached hydrogen (secondary N) is 1. The number of nitrogens with two attached hydrogens (primary N) is 1. The van der Waals surface area contributed by atoms with Crippen LogP contribution in [0.4, 0.5) is 11.6 Å². The van der Waals surface area contributed by atoms with Crippen LogP contribution >= 0.6 is 0 Å². The van der Waals surface area contributed by atoms with Crippen molar-refractivity contribution in [1.82, 2.24) is 9.97 Å². The van der Waals surface area contributed by atoms with E-state index in [1.54, 1.807) is 0 Å². The zero-order chi connectivity index (χ0) is 12.4. The summed E-state index contributed by atoms with van der Waals surface area (Å²) in [6.07, 6.45) is 3.55. The molecule has 1 heterocycles. The Morgan fingerprint density at radius 2 is 2.12 bits per heavy atom. The summed E-state index contributed by atoms with van der Waals surface area (Å²) in [6, 6.07) is 2.23. The van der Waals surface area contributed by atoms with E-state index in [0.717, 1.165) is 18.1 Å². The van der Waals surface area contributed by atoms with Crippen molar-refractivity contribution >= 4 is 11.6 Å². The molecule has 1 fully saturated rings. The van der Waals surface area contributed by atoms with E-state index >= 15 is 0 Å². The number of rotatable bonds is 5. The van der Waals surface area contributed by atoms with E-state index in [0.29, 0.717) is 23.7 Å². The lowest BCUT2D eigenvalue weighted by Gasteiger charge is -2.20. The van der Waals surface area contributed by atoms with Crippen molar-refractivity contribution in [1.29, 1.82) is 0 Å². The van der Waals surface area contributed by atoms with E-state index in [2.05, 4.69) is 36.1 Å². The van der Waals surface area contributed by atoms with Crippen molar-refractivity contribution in [2.75, 3.05) is 11.1 Å². The van der Waals surface area contributed by atoms with Gasteiger partial charge in [-0.3, -0.25) is 0 Å². The van der Waals surface area contributed by atoms with Crippen molar-refractivity contribution in [3.8, 4) is 0 Å². The van der Waals surface area contributed by atoms with Crippen molar-refractivity contribution < 1.29 is 0 Å². The molecule has 4 heteroatoms. The van der Waals surface area contributed by atoms with Crippen LogP contribution in [0.15, 0.2) is 6.07 Å². The molecule has 1 aliphatic carbocycles. The minimum Gasteiger partial charge on any atom is -0.384 e. The van der Waals surface area contributed by atoms with Gasteiger partial charge < -0.3 is 11.1 Å². The maximum atomic E-state index is 5.82. The van der Waals surface area contributed by atoms with E-state index in [-0.39, 0.29) is 0 Å². The third-order valence-electron chi connectivity index (χ3n) is 3.58. The van der Waals surface area contributed by atoms with Gasteiger partial charge in [-0.25, -0.2) is 9.97 Å². The highest BCUT2D eigenvalue weighted by Gasteiger charge is 2.27. The van der Waals surface area contributed by atoms with Gasteiger partial charge in [0.25, 0.3) is 0 Å². The van der Waals surface area contributed by atoms with Gasteiger partial charge in [0, 0.05) is 18.0 Å². The lowest BCUT2D eigenvalue weighted by Crippen LogP contribution is -2.24. The summed E-state index contributed by atoms with van der Waals surface area (Å²) in [5.41, 5.74) is 5.82. The normalized spacial score (nSPS) is 18.8. The van der Waals surface area contributed by atoms with Crippen LogP contribution in [0.1, 0.15) is 51.8 Å². The Morgan fingerprint density at radius 3 is 2.71 bits per heavy atom. The maximum absolute atomic E-state index is 5.82. The van der Waals surface area contributed by atoms with E-state index in [9.17, 15) is 0 Å². The number of anilines is 2. The number of hydrogen-bond acceptors (Lipinski definition) is 4. The Morgan fingerprint density at radius 1 is 1.41 bits per heavy atom. The molecule has 0 aliphatic heterocycles. The average Bonchev–Trinajstić information content (AvgIpc) is 3.10. The van der Waals surface area contributed by atoms with Crippen molar-refractivity contribution in [3.63, 3.8) is 0 Å². The summed E-state index contributed by atoms with van der Waals surface area (Å²) in [5.74, 6) is 3.50. The zero-order valence-corrected chi connectivity index (χ0v) is 10.9. The Bertz CT molecular complexity index is 387. The standard InChI is InChI=1S/C13H22N4/c1-4-8(2)9(3)15-12-7-11(14)16-13(17-12)10-5-6-10/h7-10H,4-6H2,1-3H3,(H3,14,15,16,17). The molecule has 94 valence electrons. The van der Waals surface area contributed by atoms with Gasteiger partial charge in [0.2, 0.25) is 0 Å². The third-order valence-corrected chi connectivity index (χ3v) is 3.58. The Labute approximate surface area is 103 Å². The number of aromatic nitrogens is 2. The van der Waals surface area contributed by atoms with Crippen LogP contribution in [0.5, 0.6) is 0 Å². The van der Waals surface area contributed by atoms with Crippen LogP contribution in [0, 0.1) is 5.92 Å². The fourth-order valence-electron chi connectivity index (χ4n) is 1.81. The molecule has 17 heavy (non-hydrogen) atoms. The summed E-state index contributed by atoms with van der Waals surface area (Å²) < 4.78 is 0. The van der Waals surface area contributed by atoms with Crippen molar-refractivity contribution in [2.45, 2.75) is 52.0 Å². The van der Waals surface area contributed by atoms with Gasteiger partial charge in [0.05, 0.1) is 0 Å². The first-order chi connectivity index (χ1) is 8.10. The van der Waals surface area contributed by atoms with Crippen LogP contribution < -0.4 is 11.1 Å². The molecular weight excluding hydrogens is 212 g/mol. The van der Waals surface area contributed by atoms with Crippen LogP contribution in [0.3, 0.4) is 0 Å². The Kier molecular flexibility index (Phi) is 3.50. The summed E-state index contributed by atoms with van der Waals surface area (Å²) in [4.78, 5) is 8.84. The highest BCUT2D eigenvalue weighted by molar-refractivity contribution is 5.46. The second-order valence-electron chi connectivity index (χ2n) is 5.13. The first kappa shape index (κ1) is 12.1. The number of nitrogen functional groups attached to an aromatic ring is 1.